The molecule has 6 heteroatoms. The van der Waals surface area contributed by atoms with Gasteiger partial charge in [0.25, 0.3) is 0 Å². The Kier molecular flexibility index (Phi) is 5.85. The van der Waals surface area contributed by atoms with Gasteiger partial charge in [-0.3, -0.25) is 0 Å². The lowest BCUT2D eigenvalue weighted by atomic mass is 10.2. The predicted octanol–water partition coefficient (Wildman–Crippen LogP) is 2.79. The van der Waals surface area contributed by atoms with E-state index in [-0.39, 0.29) is 5.82 Å². The zero-order valence-corrected chi connectivity index (χ0v) is 14.2. The monoisotopic (exact) mass is 343 g/mol. The van der Waals surface area contributed by atoms with Crippen molar-refractivity contribution < 1.29 is 13.9 Å². The van der Waals surface area contributed by atoms with Crippen molar-refractivity contribution in [2.24, 2.45) is 5.10 Å². The van der Waals surface area contributed by atoms with Crippen LogP contribution in [-0.2, 0) is 11.3 Å². The Hall–Kier alpha value is -2.60. The first kappa shape index (κ1) is 17.2. The van der Waals surface area contributed by atoms with Crippen LogP contribution in [-0.4, -0.2) is 39.6 Å². The van der Waals surface area contributed by atoms with Crippen LogP contribution in [0.2, 0.25) is 0 Å². The molecule has 0 bridgehead atoms. The summed E-state index contributed by atoms with van der Waals surface area (Å²) in [6.07, 6.45) is 1.61. The van der Waals surface area contributed by atoms with E-state index in [2.05, 4.69) is 10.5 Å². The molecule has 1 N–H and O–H groups in total. The van der Waals surface area contributed by atoms with Crippen LogP contribution in [0.15, 0.2) is 47.6 Å². The number of hydrogen-bond acceptors (Lipinski definition) is 5. The molecular formula is C19H22FN3O2. The number of morpholine rings is 1. The molecule has 25 heavy (non-hydrogen) atoms. The Morgan fingerprint density at radius 3 is 2.80 bits per heavy atom. The van der Waals surface area contributed by atoms with E-state index >= 15 is 0 Å². The van der Waals surface area contributed by atoms with Gasteiger partial charge in [0.2, 0.25) is 0 Å². The molecule has 3 rings (SSSR count). The maximum Gasteiger partial charge on any atom is 0.147 e. The summed E-state index contributed by atoms with van der Waals surface area (Å²) in [6, 6.07) is 12.9. The van der Waals surface area contributed by atoms with Crippen molar-refractivity contribution in [3.05, 3.63) is 59.4 Å². The summed E-state index contributed by atoms with van der Waals surface area (Å²) < 4.78 is 24.9. The van der Waals surface area contributed by atoms with Gasteiger partial charge in [-0.15, -0.1) is 0 Å². The minimum absolute atomic E-state index is 0.240. The first-order valence-electron chi connectivity index (χ1n) is 8.28. The SMILES string of the molecule is COc1ccccc1CN/N=C/c1ccc(N2CCOCC2)c(F)c1. The maximum atomic E-state index is 14.3. The van der Waals surface area contributed by atoms with E-state index in [0.29, 0.717) is 44.1 Å². The number of nitrogens with zero attached hydrogens (tertiary/aromatic N) is 2. The largest absolute Gasteiger partial charge is 0.496 e. The minimum atomic E-state index is -0.240. The maximum absolute atomic E-state index is 14.3. The topological polar surface area (TPSA) is 46.1 Å². The van der Waals surface area contributed by atoms with Crippen molar-refractivity contribution >= 4 is 11.9 Å². The lowest BCUT2D eigenvalue weighted by Gasteiger charge is -2.29. The van der Waals surface area contributed by atoms with Gasteiger partial charge in [-0.25, -0.2) is 4.39 Å². The first-order valence-corrected chi connectivity index (χ1v) is 8.28. The number of halogens is 1. The Labute approximate surface area is 147 Å². The average Bonchev–Trinajstić information content (AvgIpc) is 2.66. The van der Waals surface area contributed by atoms with E-state index in [0.717, 1.165) is 11.3 Å². The number of nitrogens with one attached hydrogen (secondary N) is 1. The van der Waals surface area contributed by atoms with Crippen molar-refractivity contribution in [3.63, 3.8) is 0 Å². The van der Waals surface area contributed by atoms with Gasteiger partial charge in [0, 0.05) is 18.7 Å². The highest BCUT2D eigenvalue weighted by atomic mass is 19.1. The zero-order chi connectivity index (χ0) is 17.5. The van der Waals surface area contributed by atoms with Crippen LogP contribution in [0.5, 0.6) is 5.75 Å². The summed E-state index contributed by atoms with van der Waals surface area (Å²) in [5.41, 5.74) is 5.30. The summed E-state index contributed by atoms with van der Waals surface area (Å²) in [6.45, 7) is 3.23. The van der Waals surface area contributed by atoms with Crippen molar-refractivity contribution in [2.75, 3.05) is 38.3 Å². The number of ether oxygens (including phenoxy) is 2. The number of hydrogen-bond donors (Lipinski definition) is 1. The minimum Gasteiger partial charge on any atom is -0.496 e. The molecule has 0 aliphatic carbocycles. The van der Waals surface area contributed by atoms with Gasteiger partial charge in [-0.1, -0.05) is 24.3 Å². The van der Waals surface area contributed by atoms with E-state index in [4.69, 9.17) is 9.47 Å². The summed E-state index contributed by atoms with van der Waals surface area (Å²) >= 11 is 0. The Morgan fingerprint density at radius 1 is 1.24 bits per heavy atom. The molecule has 0 amide bonds. The standard InChI is InChI=1S/C19H22FN3O2/c1-24-19-5-3-2-4-16(19)14-22-21-13-15-6-7-18(17(20)12-15)23-8-10-25-11-9-23/h2-7,12-13,22H,8-11,14H2,1H3/b21-13+. The normalized spacial score (nSPS) is 14.7. The van der Waals surface area contributed by atoms with Gasteiger partial charge < -0.3 is 19.8 Å². The molecule has 1 aliphatic heterocycles. The third kappa shape index (κ3) is 4.48. The van der Waals surface area contributed by atoms with E-state index in [1.54, 1.807) is 19.4 Å². The van der Waals surface area contributed by atoms with Gasteiger partial charge in [0.05, 0.1) is 38.8 Å². The molecule has 2 aromatic rings. The second-order valence-corrected chi connectivity index (χ2v) is 5.72. The summed E-state index contributed by atoms with van der Waals surface area (Å²) in [7, 11) is 1.64. The molecule has 0 radical (unpaired) electrons. The number of anilines is 1. The van der Waals surface area contributed by atoms with E-state index < -0.39 is 0 Å². The second kappa shape index (κ2) is 8.48. The average molecular weight is 343 g/mol. The van der Waals surface area contributed by atoms with Crippen LogP contribution < -0.4 is 15.1 Å². The van der Waals surface area contributed by atoms with E-state index in [9.17, 15) is 4.39 Å². The van der Waals surface area contributed by atoms with Crippen molar-refractivity contribution in [2.45, 2.75) is 6.54 Å². The lowest BCUT2D eigenvalue weighted by Crippen LogP contribution is -2.36. The first-order chi connectivity index (χ1) is 12.3. The third-order valence-electron chi connectivity index (χ3n) is 4.09. The van der Waals surface area contributed by atoms with Crippen LogP contribution >= 0.6 is 0 Å². The fourth-order valence-corrected chi connectivity index (χ4v) is 2.76. The molecular weight excluding hydrogens is 321 g/mol. The number of para-hydroxylation sites is 1. The highest BCUT2D eigenvalue weighted by Crippen LogP contribution is 2.21. The quantitative estimate of drug-likeness (QED) is 0.647. The second-order valence-electron chi connectivity index (χ2n) is 5.72. The van der Waals surface area contributed by atoms with Crippen molar-refractivity contribution in [3.8, 4) is 5.75 Å². The van der Waals surface area contributed by atoms with Gasteiger partial charge in [0.1, 0.15) is 11.6 Å². The third-order valence-corrected chi connectivity index (χ3v) is 4.09. The lowest BCUT2D eigenvalue weighted by molar-refractivity contribution is 0.122. The Morgan fingerprint density at radius 2 is 2.04 bits per heavy atom. The van der Waals surface area contributed by atoms with Crippen LogP contribution in [0.1, 0.15) is 11.1 Å². The van der Waals surface area contributed by atoms with Crippen LogP contribution in [0, 0.1) is 5.82 Å². The van der Waals surface area contributed by atoms with Crippen LogP contribution in [0.4, 0.5) is 10.1 Å². The van der Waals surface area contributed by atoms with Gasteiger partial charge in [-0.2, -0.15) is 5.10 Å². The number of methoxy groups -OCH3 is 1. The van der Waals surface area contributed by atoms with E-state index in [1.165, 1.54) is 6.07 Å². The molecule has 0 spiro atoms. The number of benzene rings is 2. The summed E-state index contributed by atoms with van der Waals surface area (Å²) in [4.78, 5) is 2.00. The number of rotatable bonds is 6. The molecule has 1 saturated heterocycles. The summed E-state index contributed by atoms with van der Waals surface area (Å²) in [5, 5.41) is 4.16. The van der Waals surface area contributed by atoms with Gasteiger partial charge >= 0.3 is 0 Å². The molecule has 0 atom stereocenters. The molecule has 0 unspecified atom stereocenters. The molecule has 1 fully saturated rings. The van der Waals surface area contributed by atoms with E-state index in [1.807, 2.05) is 35.2 Å². The Bertz CT molecular complexity index is 730. The highest BCUT2D eigenvalue weighted by Gasteiger charge is 2.14. The van der Waals surface area contributed by atoms with Crippen molar-refractivity contribution in [1.82, 2.24) is 5.43 Å². The highest BCUT2D eigenvalue weighted by molar-refractivity contribution is 5.80. The molecule has 0 aromatic heterocycles. The fraction of sp³-hybridized carbons (Fsp3) is 0.316. The molecule has 1 aliphatic rings. The van der Waals surface area contributed by atoms with Gasteiger partial charge in [0.15, 0.2) is 0 Å². The van der Waals surface area contributed by atoms with Crippen LogP contribution in [0.3, 0.4) is 0 Å². The van der Waals surface area contributed by atoms with Crippen molar-refractivity contribution in [1.29, 1.82) is 0 Å². The smallest absolute Gasteiger partial charge is 0.147 e. The fourth-order valence-electron chi connectivity index (χ4n) is 2.76. The number of hydrazone groups is 1. The summed E-state index contributed by atoms with van der Waals surface area (Å²) in [5.74, 6) is 0.571. The zero-order valence-electron chi connectivity index (χ0n) is 14.2. The molecule has 1 heterocycles. The molecule has 5 nitrogen and oxygen atoms in total. The molecule has 2 aromatic carbocycles. The predicted molar refractivity (Wildman–Crippen MR) is 96.9 cm³/mol. The van der Waals surface area contributed by atoms with Gasteiger partial charge in [-0.05, 0) is 23.8 Å². The molecule has 0 saturated carbocycles. The molecule has 132 valence electrons. The van der Waals surface area contributed by atoms with Crippen LogP contribution in [0.25, 0.3) is 0 Å². The Balaban J connectivity index is 1.59.